The second-order valence-electron chi connectivity index (χ2n) is 4.77. The molecule has 0 bridgehead atoms. The molecule has 0 fully saturated rings. The maximum absolute atomic E-state index is 12.2. The van der Waals surface area contributed by atoms with Crippen molar-refractivity contribution in [3.8, 4) is 11.5 Å². The highest BCUT2D eigenvalue weighted by Gasteiger charge is 2.18. The molecule has 3 heteroatoms. The quantitative estimate of drug-likeness (QED) is 0.561. The molecule has 3 aliphatic rings. The van der Waals surface area contributed by atoms with Gasteiger partial charge in [-0.3, -0.25) is 4.79 Å². The zero-order valence-corrected chi connectivity index (χ0v) is 12.7. The maximum atomic E-state index is 12.2. The average molecular weight is 291 g/mol. The van der Waals surface area contributed by atoms with E-state index in [-0.39, 0.29) is 5.43 Å². The predicted octanol–water partition coefficient (Wildman–Crippen LogP) is 4.75. The Morgan fingerprint density at radius 3 is 2.59 bits per heavy atom. The van der Waals surface area contributed by atoms with Gasteiger partial charge in [0, 0.05) is 17.2 Å². The van der Waals surface area contributed by atoms with E-state index in [9.17, 15) is 4.79 Å². The number of nitrogens with zero attached hydrogens (tertiary/aromatic N) is 1. The van der Waals surface area contributed by atoms with Crippen LogP contribution in [0.15, 0.2) is 51.7 Å². The molecule has 1 aliphatic heterocycles. The fraction of sp³-hybridized carbons (Fsp3) is 0.158. The van der Waals surface area contributed by atoms with Gasteiger partial charge in [-0.1, -0.05) is 50.3 Å². The number of para-hydroxylation sites is 2. The van der Waals surface area contributed by atoms with Crippen molar-refractivity contribution in [3.63, 3.8) is 0 Å². The molecule has 0 saturated heterocycles. The van der Waals surface area contributed by atoms with Gasteiger partial charge in [-0.05, 0) is 18.6 Å². The Hall–Kier alpha value is -2.68. The minimum absolute atomic E-state index is 0.0314. The van der Waals surface area contributed by atoms with Crippen LogP contribution in [0.4, 0.5) is 0 Å². The summed E-state index contributed by atoms with van der Waals surface area (Å²) in [5.41, 5.74) is 3.71. The lowest BCUT2D eigenvalue weighted by Gasteiger charge is -2.10. The highest BCUT2D eigenvalue weighted by atomic mass is 16.3. The van der Waals surface area contributed by atoms with Gasteiger partial charge in [0.2, 0.25) is 0 Å². The van der Waals surface area contributed by atoms with Gasteiger partial charge in [0.15, 0.2) is 16.8 Å². The molecule has 3 nitrogen and oxygen atoms in total. The second kappa shape index (κ2) is 5.98. The van der Waals surface area contributed by atoms with E-state index in [0.717, 1.165) is 23.2 Å². The Balaban J connectivity index is 0.000000693. The summed E-state index contributed by atoms with van der Waals surface area (Å²) < 4.78 is 5.81. The van der Waals surface area contributed by atoms with Gasteiger partial charge < -0.3 is 4.42 Å². The lowest BCUT2D eigenvalue weighted by Crippen LogP contribution is -2.09. The zero-order valence-electron chi connectivity index (χ0n) is 12.7. The molecule has 0 unspecified atom stereocenters. The van der Waals surface area contributed by atoms with Crippen molar-refractivity contribution in [1.82, 2.24) is 4.98 Å². The summed E-state index contributed by atoms with van der Waals surface area (Å²) in [4.78, 5) is 16.8. The lowest BCUT2D eigenvalue weighted by molar-refractivity contribution is 0.612. The SMILES string of the molecule is CC.O=c1cc2oc3ccccc3nc-2c2c1C=CCC=C2. The van der Waals surface area contributed by atoms with Crippen molar-refractivity contribution < 1.29 is 4.42 Å². The van der Waals surface area contributed by atoms with E-state index in [2.05, 4.69) is 4.98 Å². The van der Waals surface area contributed by atoms with Crippen LogP contribution in [-0.2, 0) is 0 Å². The van der Waals surface area contributed by atoms with E-state index in [1.54, 1.807) is 0 Å². The summed E-state index contributed by atoms with van der Waals surface area (Å²) in [5.74, 6) is 0.535. The highest BCUT2D eigenvalue weighted by Crippen LogP contribution is 2.30. The number of fused-ring (bicyclic) bond motifs is 4. The van der Waals surface area contributed by atoms with Crippen molar-refractivity contribution >= 4 is 23.3 Å². The summed E-state index contributed by atoms with van der Waals surface area (Å²) in [6.07, 6.45) is 8.65. The Morgan fingerprint density at radius 2 is 1.77 bits per heavy atom. The summed E-state index contributed by atoms with van der Waals surface area (Å²) in [5, 5.41) is 0. The number of hydrogen-bond donors (Lipinski definition) is 0. The Labute approximate surface area is 129 Å². The first-order valence-corrected chi connectivity index (χ1v) is 7.52. The molecule has 0 amide bonds. The molecule has 0 saturated carbocycles. The molecule has 1 aromatic rings. The monoisotopic (exact) mass is 291 g/mol. The van der Waals surface area contributed by atoms with Crippen molar-refractivity contribution in [2.45, 2.75) is 20.3 Å². The largest absolute Gasteiger partial charge is 0.453 e. The molecule has 110 valence electrons. The molecule has 0 spiro atoms. The Bertz CT molecular complexity index is 903. The number of rotatable bonds is 0. The lowest BCUT2D eigenvalue weighted by atomic mass is 10.0. The van der Waals surface area contributed by atoms with Crippen molar-refractivity contribution in [3.05, 3.63) is 63.8 Å². The summed E-state index contributed by atoms with van der Waals surface area (Å²) in [7, 11) is 0. The molecular formula is C19H17NO2. The molecule has 1 aromatic carbocycles. The van der Waals surface area contributed by atoms with Crippen LogP contribution in [-0.4, -0.2) is 4.98 Å². The second-order valence-corrected chi connectivity index (χ2v) is 4.77. The maximum Gasteiger partial charge on any atom is 0.190 e. The van der Waals surface area contributed by atoms with Crippen LogP contribution in [0.5, 0.6) is 0 Å². The van der Waals surface area contributed by atoms with Gasteiger partial charge in [-0.25, -0.2) is 4.98 Å². The number of hydrogen-bond acceptors (Lipinski definition) is 3. The van der Waals surface area contributed by atoms with E-state index in [1.165, 1.54) is 6.07 Å². The first-order valence-electron chi connectivity index (χ1n) is 7.52. The fourth-order valence-electron chi connectivity index (χ4n) is 2.52. The average Bonchev–Trinajstić information content (AvgIpc) is 2.82. The number of benzene rings is 2. The normalized spacial score (nSPS) is 12.6. The Kier molecular flexibility index (Phi) is 3.88. The van der Waals surface area contributed by atoms with E-state index in [1.807, 2.05) is 62.4 Å². The van der Waals surface area contributed by atoms with Crippen LogP contribution >= 0.6 is 0 Å². The van der Waals surface area contributed by atoms with Gasteiger partial charge in [0.25, 0.3) is 0 Å². The molecule has 0 aromatic heterocycles. The molecular weight excluding hydrogens is 274 g/mol. The third-order valence-corrected chi connectivity index (χ3v) is 3.46. The smallest absolute Gasteiger partial charge is 0.190 e. The molecule has 2 aliphatic carbocycles. The topological polar surface area (TPSA) is 43.1 Å². The van der Waals surface area contributed by atoms with Gasteiger partial charge in [0.1, 0.15) is 11.2 Å². The first kappa shape index (κ1) is 14.3. The number of aromatic nitrogens is 1. The van der Waals surface area contributed by atoms with Gasteiger partial charge in [-0.15, -0.1) is 0 Å². The van der Waals surface area contributed by atoms with E-state index < -0.39 is 0 Å². The number of allylic oxidation sites excluding steroid dienone is 2. The van der Waals surface area contributed by atoms with Gasteiger partial charge >= 0.3 is 0 Å². The molecule has 1 heterocycles. The standard InChI is InChI=1S/C17H11NO2.C2H6/c19-14-10-16-17(12-7-3-1-2-6-11(12)14)18-13-8-4-5-9-15(13)20-16;1-2/h2-10H,1H2;1-2H3. The minimum Gasteiger partial charge on any atom is -0.453 e. The van der Waals surface area contributed by atoms with E-state index in [0.29, 0.717) is 16.9 Å². The highest BCUT2D eigenvalue weighted by molar-refractivity contribution is 5.83. The van der Waals surface area contributed by atoms with Crippen molar-refractivity contribution in [2.75, 3.05) is 0 Å². The summed E-state index contributed by atoms with van der Waals surface area (Å²) in [6.45, 7) is 4.00. The third kappa shape index (κ3) is 2.35. The van der Waals surface area contributed by atoms with Gasteiger partial charge in [0.05, 0.1) is 0 Å². The van der Waals surface area contributed by atoms with Crippen LogP contribution in [0.1, 0.15) is 31.4 Å². The molecule has 4 rings (SSSR count). The van der Waals surface area contributed by atoms with Crippen LogP contribution in [0.3, 0.4) is 0 Å². The summed E-state index contributed by atoms with van der Waals surface area (Å²) in [6, 6.07) is 9.10. The zero-order chi connectivity index (χ0) is 15.5. The van der Waals surface area contributed by atoms with Crippen LogP contribution in [0.25, 0.3) is 34.7 Å². The van der Waals surface area contributed by atoms with Crippen LogP contribution in [0.2, 0.25) is 0 Å². The predicted molar refractivity (Wildman–Crippen MR) is 90.9 cm³/mol. The van der Waals surface area contributed by atoms with E-state index in [4.69, 9.17) is 4.42 Å². The molecule has 22 heavy (non-hydrogen) atoms. The van der Waals surface area contributed by atoms with Crippen LogP contribution in [0, 0.1) is 0 Å². The summed E-state index contributed by atoms with van der Waals surface area (Å²) >= 11 is 0. The Morgan fingerprint density at radius 1 is 1.05 bits per heavy atom. The minimum atomic E-state index is -0.0314. The first-order chi connectivity index (χ1) is 10.8. The van der Waals surface area contributed by atoms with Crippen LogP contribution < -0.4 is 5.43 Å². The molecule has 0 atom stereocenters. The molecule has 0 radical (unpaired) electrons. The fourth-order valence-corrected chi connectivity index (χ4v) is 2.52. The van der Waals surface area contributed by atoms with Crippen molar-refractivity contribution in [2.24, 2.45) is 0 Å². The molecule has 0 N–H and O–H groups in total. The van der Waals surface area contributed by atoms with E-state index >= 15 is 0 Å². The third-order valence-electron chi connectivity index (χ3n) is 3.46. The van der Waals surface area contributed by atoms with Crippen molar-refractivity contribution in [1.29, 1.82) is 0 Å². The van der Waals surface area contributed by atoms with Gasteiger partial charge in [-0.2, -0.15) is 0 Å².